The van der Waals surface area contributed by atoms with Gasteiger partial charge in [0.15, 0.2) is 0 Å². The van der Waals surface area contributed by atoms with Crippen LogP contribution in [0.15, 0.2) is 24.3 Å². The Kier molecular flexibility index (Phi) is 9.77. The van der Waals surface area contributed by atoms with Crippen LogP contribution in [0.4, 0.5) is 4.79 Å². The molecule has 0 heterocycles. The Labute approximate surface area is 179 Å². The number of ether oxygens (including phenoxy) is 3. The molecule has 1 aromatic rings. The van der Waals surface area contributed by atoms with Crippen LogP contribution in [0.3, 0.4) is 0 Å². The smallest absolute Gasteiger partial charge is 0.408 e. The van der Waals surface area contributed by atoms with Gasteiger partial charge in [-0.15, -0.1) is 0 Å². The lowest BCUT2D eigenvalue weighted by molar-refractivity contribution is -0.156. The fourth-order valence-corrected chi connectivity index (χ4v) is 3.02. The summed E-state index contributed by atoms with van der Waals surface area (Å²) >= 11 is 5.94. The van der Waals surface area contributed by atoms with Crippen LogP contribution in [0.25, 0.3) is 0 Å². The predicted molar refractivity (Wildman–Crippen MR) is 114 cm³/mol. The number of hydrogen-bond acceptors (Lipinski definition) is 5. The van der Waals surface area contributed by atoms with E-state index in [1.807, 2.05) is 0 Å². The largest absolute Gasteiger partial charge is 0.486 e. The minimum Gasteiger partial charge on any atom is -0.486 e. The van der Waals surface area contributed by atoms with E-state index in [9.17, 15) is 9.59 Å². The zero-order valence-electron chi connectivity index (χ0n) is 18.5. The van der Waals surface area contributed by atoms with Crippen molar-refractivity contribution < 1.29 is 23.8 Å². The van der Waals surface area contributed by atoms with Crippen molar-refractivity contribution in [3.63, 3.8) is 0 Å². The molecule has 0 aliphatic rings. The zero-order valence-corrected chi connectivity index (χ0v) is 19.2. The van der Waals surface area contributed by atoms with Crippen molar-refractivity contribution in [1.29, 1.82) is 0 Å². The SMILES string of the molecule is CCC(CC)[C@@H](Oc1ccc(Cl)cc1)[C@H](C)OC(=O)[C@H](C)NC(=O)OC(C)(C)C. The number of alkyl carbamates (subject to hydrolysis) is 1. The topological polar surface area (TPSA) is 73.9 Å². The molecule has 0 bridgehead atoms. The van der Waals surface area contributed by atoms with Crippen LogP contribution in [0.5, 0.6) is 5.75 Å². The predicted octanol–water partition coefficient (Wildman–Crippen LogP) is 5.37. The molecule has 0 radical (unpaired) electrons. The minimum absolute atomic E-state index is 0.197. The summed E-state index contributed by atoms with van der Waals surface area (Å²) in [4.78, 5) is 24.4. The highest BCUT2D eigenvalue weighted by Gasteiger charge is 2.31. The Hall–Kier alpha value is -1.95. The van der Waals surface area contributed by atoms with Crippen LogP contribution < -0.4 is 10.1 Å². The molecule has 0 saturated heterocycles. The fraction of sp³-hybridized carbons (Fsp3) is 0.636. The Morgan fingerprint density at radius 2 is 1.62 bits per heavy atom. The van der Waals surface area contributed by atoms with Crippen LogP contribution in [0.2, 0.25) is 5.02 Å². The van der Waals surface area contributed by atoms with Gasteiger partial charge >= 0.3 is 12.1 Å². The summed E-state index contributed by atoms with van der Waals surface area (Å²) < 4.78 is 17.0. The standard InChI is InChI=1S/C22H34ClNO5/c1-8-16(9-2)19(28-18-12-10-17(23)11-13-18)15(4)27-20(25)14(3)24-21(26)29-22(5,6)7/h10-16,19H,8-9H2,1-7H3,(H,24,26)/t14-,15-,19-/m0/s1. The summed E-state index contributed by atoms with van der Waals surface area (Å²) in [5.74, 6) is 0.316. The lowest BCUT2D eigenvalue weighted by Crippen LogP contribution is -2.46. The van der Waals surface area contributed by atoms with Gasteiger partial charge in [0.05, 0.1) is 0 Å². The van der Waals surface area contributed by atoms with Crippen molar-refractivity contribution in [2.45, 2.75) is 85.2 Å². The van der Waals surface area contributed by atoms with Crippen LogP contribution in [0, 0.1) is 5.92 Å². The highest BCUT2D eigenvalue weighted by atomic mass is 35.5. The van der Waals surface area contributed by atoms with E-state index in [0.717, 1.165) is 12.8 Å². The second kappa shape index (κ2) is 11.3. The van der Waals surface area contributed by atoms with Gasteiger partial charge in [0, 0.05) is 5.02 Å². The quantitative estimate of drug-likeness (QED) is 0.536. The van der Waals surface area contributed by atoms with E-state index in [-0.39, 0.29) is 12.0 Å². The second-order valence-electron chi connectivity index (χ2n) is 8.12. The van der Waals surface area contributed by atoms with E-state index in [1.54, 1.807) is 58.9 Å². The minimum atomic E-state index is -0.842. The number of esters is 1. The highest BCUT2D eigenvalue weighted by molar-refractivity contribution is 6.30. The molecule has 0 fully saturated rings. The molecule has 0 spiro atoms. The Bertz CT molecular complexity index is 652. The van der Waals surface area contributed by atoms with Gasteiger partial charge in [0.2, 0.25) is 0 Å². The van der Waals surface area contributed by atoms with E-state index >= 15 is 0 Å². The molecule has 3 atom stereocenters. The molecular weight excluding hydrogens is 394 g/mol. The second-order valence-corrected chi connectivity index (χ2v) is 8.56. The number of halogens is 1. The van der Waals surface area contributed by atoms with E-state index in [0.29, 0.717) is 10.8 Å². The van der Waals surface area contributed by atoms with Gasteiger partial charge in [-0.25, -0.2) is 9.59 Å². The molecule has 0 saturated carbocycles. The van der Waals surface area contributed by atoms with Gasteiger partial charge in [-0.3, -0.25) is 0 Å². The molecule has 0 aromatic heterocycles. The third-order valence-corrected chi connectivity index (χ3v) is 4.70. The molecule has 29 heavy (non-hydrogen) atoms. The first-order chi connectivity index (χ1) is 13.5. The molecule has 1 rings (SSSR count). The third kappa shape index (κ3) is 8.94. The molecule has 1 N–H and O–H groups in total. The first-order valence-electron chi connectivity index (χ1n) is 10.1. The number of benzene rings is 1. The van der Waals surface area contributed by atoms with Crippen molar-refractivity contribution in [3.05, 3.63) is 29.3 Å². The maximum absolute atomic E-state index is 12.5. The maximum atomic E-state index is 12.5. The summed E-state index contributed by atoms with van der Waals surface area (Å²) in [5, 5.41) is 3.13. The van der Waals surface area contributed by atoms with Gasteiger partial charge in [-0.1, -0.05) is 25.4 Å². The summed E-state index contributed by atoms with van der Waals surface area (Å²) in [5.41, 5.74) is -0.645. The van der Waals surface area contributed by atoms with Gasteiger partial charge in [0.1, 0.15) is 29.6 Å². The summed E-state index contributed by atoms with van der Waals surface area (Å²) in [6, 6.07) is 6.25. The van der Waals surface area contributed by atoms with Crippen LogP contribution in [0.1, 0.15) is 61.3 Å². The van der Waals surface area contributed by atoms with Gasteiger partial charge in [-0.05, 0) is 77.6 Å². The van der Waals surface area contributed by atoms with E-state index in [4.69, 9.17) is 25.8 Å². The number of nitrogens with one attached hydrogen (secondary N) is 1. The Balaban J connectivity index is 2.79. The molecule has 1 aromatic carbocycles. The average Bonchev–Trinajstić information content (AvgIpc) is 2.61. The van der Waals surface area contributed by atoms with Crippen LogP contribution in [-0.4, -0.2) is 35.9 Å². The number of hydrogen-bond donors (Lipinski definition) is 1. The monoisotopic (exact) mass is 427 g/mol. The lowest BCUT2D eigenvalue weighted by atomic mass is 9.93. The number of rotatable bonds is 9. The fourth-order valence-electron chi connectivity index (χ4n) is 2.89. The Morgan fingerprint density at radius 3 is 2.10 bits per heavy atom. The molecule has 7 heteroatoms. The first kappa shape index (κ1) is 25.1. The molecule has 0 aliphatic heterocycles. The average molecular weight is 428 g/mol. The van der Waals surface area contributed by atoms with Crippen molar-refractivity contribution in [2.24, 2.45) is 5.92 Å². The maximum Gasteiger partial charge on any atom is 0.408 e. The van der Waals surface area contributed by atoms with Crippen LogP contribution in [-0.2, 0) is 14.3 Å². The molecule has 0 aliphatic carbocycles. The van der Waals surface area contributed by atoms with Crippen molar-refractivity contribution in [3.8, 4) is 5.75 Å². The summed E-state index contributed by atoms with van der Waals surface area (Å²) in [7, 11) is 0. The van der Waals surface area contributed by atoms with E-state index < -0.39 is 29.8 Å². The normalized spacial score (nSPS) is 14.7. The van der Waals surface area contributed by atoms with Gasteiger partial charge in [-0.2, -0.15) is 0 Å². The molecule has 164 valence electrons. The number of carbonyl (C=O) groups excluding carboxylic acids is 2. The molecule has 0 unspecified atom stereocenters. The third-order valence-electron chi connectivity index (χ3n) is 4.45. The number of amides is 1. The number of carbonyl (C=O) groups is 2. The van der Waals surface area contributed by atoms with E-state index in [1.165, 1.54) is 0 Å². The van der Waals surface area contributed by atoms with Crippen molar-refractivity contribution in [1.82, 2.24) is 5.32 Å². The van der Waals surface area contributed by atoms with Crippen molar-refractivity contribution in [2.75, 3.05) is 0 Å². The van der Waals surface area contributed by atoms with Crippen LogP contribution >= 0.6 is 11.6 Å². The first-order valence-corrected chi connectivity index (χ1v) is 10.5. The van der Waals surface area contributed by atoms with Crippen molar-refractivity contribution >= 4 is 23.7 Å². The zero-order chi connectivity index (χ0) is 22.2. The lowest BCUT2D eigenvalue weighted by Gasteiger charge is -2.31. The van der Waals surface area contributed by atoms with Gasteiger partial charge < -0.3 is 19.5 Å². The molecule has 1 amide bonds. The summed E-state index contributed by atoms with van der Waals surface area (Å²) in [6.45, 7) is 12.8. The Morgan fingerprint density at radius 1 is 1.07 bits per heavy atom. The van der Waals surface area contributed by atoms with E-state index in [2.05, 4.69) is 19.2 Å². The van der Waals surface area contributed by atoms with Gasteiger partial charge in [0.25, 0.3) is 0 Å². The molecular formula is C22H34ClNO5. The summed E-state index contributed by atoms with van der Waals surface area (Å²) in [6.07, 6.45) is 0.253. The highest BCUT2D eigenvalue weighted by Crippen LogP contribution is 2.25. The molecule has 6 nitrogen and oxygen atoms in total.